The van der Waals surface area contributed by atoms with Gasteiger partial charge in [-0.3, -0.25) is 0 Å². The lowest BCUT2D eigenvalue weighted by Gasteiger charge is -2.25. The van der Waals surface area contributed by atoms with Gasteiger partial charge in [-0.2, -0.15) is 0 Å². The highest BCUT2D eigenvalue weighted by Crippen LogP contribution is 1.91. The lowest BCUT2D eigenvalue weighted by atomic mass is 10.5. The third-order valence-corrected chi connectivity index (χ3v) is 2.08. The van der Waals surface area contributed by atoms with Gasteiger partial charge in [0.15, 0.2) is 0 Å². The molecule has 0 amide bonds. The van der Waals surface area contributed by atoms with Crippen LogP contribution >= 0.6 is 0 Å². The number of nitrogens with zero attached hydrogens (tertiary/aromatic N) is 1. The predicted octanol–water partition coefficient (Wildman–Crippen LogP) is 1.45. The Morgan fingerprint density at radius 2 is 1.77 bits per heavy atom. The van der Waals surface area contributed by atoms with Crippen molar-refractivity contribution in [3.8, 4) is 0 Å². The highest BCUT2D eigenvalue weighted by atomic mass is 16.5. The van der Waals surface area contributed by atoms with E-state index in [0.717, 1.165) is 10.6 Å². The molecule has 0 saturated heterocycles. The second-order valence-corrected chi connectivity index (χ2v) is 3.30. The quantitative estimate of drug-likeness (QED) is 0.380. The van der Waals surface area contributed by atoms with Gasteiger partial charge in [0.2, 0.25) is 0 Å². The van der Waals surface area contributed by atoms with Gasteiger partial charge in [-0.1, -0.05) is 6.58 Å². The molecule has 0 aromatic heterocycles. The molecular formula is C10H22NO2+. The second-order valence-electron chi connectivity index (χ2n) is 3.30. The zero-order valence-electron chi connectivity index (χ0n) is 9.46. The maximum Gasteiger partial charge on any atom is 0.329 e. The first-order valence-corrected chi connectivity index (χ1v) is 4.45. The molecule has 0 spiro atoms. The first-order valence-electron chi connectivity index (χ1n) is 4.45. The topological polar surface area (TPSA) is 26.3 Å². The van der Waals surface area contributed by atoms with E-state index in [0.29, 0.717) is 0 Å². The molecule has 0 atom stereocenters. The standard InChI is InChI=1S/C6H16N.C4H6O2/c1-5-7(3,4)6-2;1-3-4(5)6-2/h5-6H2,1-4H3;3H,1H2,2H3/q+1;. The molecule has 0 radical (unpaired) electrons. The average molecular weight is 188 g/mol. The second kappa shape index (κ2) is 7.80. The SMILES string of the molecule is C=CC(=O)OC.CC[N+](C)(C)CC. The Morgan fingerprint density at radius 3 is 1.77 bits per heavy atom. The Bertz CT molecular complexity index is 147. The number of hydrogen-bond acceptors (Lipinski definition) is 2. The van der Waals surface area contributed by atoms with E-state index in [1.54, 1.807) is 0 Å². The van der Waals surface area contributed by atoms with Gasteiger partial charge in [0, 0.05) is 6.08 Å². The van der Waals surface area contributed by atoms with Gasteiger partial charge < -0.3 is 9.22 Å². The van der Waals surface area contributed by atoms with Crippen LogP contribution in [0.5, 0.6) is 0 Å². The summed E-state index contributed by atoms with van der Waals surface area (Å²) in [5, 5.41) is 0. The van der Waals surface area contributed by atoms with E-state index in [-0.39, 0.29) is 0 Å². The summed E-state index contributed by atoms with van der Waals surface area (Å²) in [5.74, 6) is -0.394. The van der Waals surface area contributed by atoms with E-state index in [1.165, 1.54) is 20.2 Å². The van der Waals surface area contributed by atoms with Gasteiger partial charge in [0.25, 0.3) is 0 Å². The molecule has 3 heteroatoms. The van der Waals surface area contributed by atoms with E-state index < -0.39 is 5.97 Å². The molecule has 0 unspecified atom stereocenters. The molecule has 13 heavy (non-hydrogen) atoms. The van der Waals surface area contributed by atoms with Gasteiger partial charge in [0.1, 0.15) is 0 Å². The largest absolute Gasteiger partial charge is 0.466 e. The zero-order chi connectivity index (χ0) is 10.9. The lowest BCUT2D eigenvalue weighted by molar-refractivity contribution is -0.886. The van der Waals surface area contributed by atoms with Crippen molar-refractivity contribution in [2.45, 2.75) is 13.8 Å². The first kappa shape index (κ1) is 14.7. The number of hydrogen-bond donors (Lipinski definition) is 0. The number of quaternary nitrogens is 1. The van der Waals surface area contributed by atoms with Gasteiger partial charge in [-0.15, -0.1) is 0 Å². The van der Waals surface area contributed by atoms with Crippen LogP contribution in [0.3, 0.4) is 0 Å². The molecule has 0 aromatic carbocycles. The fraction of sp³-hybridized carbons (Fsp3) is 0.700. The molecule has 0 rings (SSSR count). The van der Waals surface area contributed by atoms with Crippen molar-refractivity contribution in [1.82, 2.24) is 0 Å². The van der Waals surface area contributed by atoms with Crippen LogP contribution in [0.25, 0.3) is 0 Å². The molecule has 0 bridgehead atoms. The van der Waals surface area contributed by atoms with Crippen molar-refractivity contribution in [2.75, 3.05) is 34.3 Å². The maximum atomic E-state index is 9.84. The smallest absolute Gasteiger partial charge is 0.329 e. The number of carbonyl (C=O) groups is 1. The van der Waals surface area contributed by atoms with Crippen molar-refractivity contribution in [2.24, 2.45) is 0 Å². The van der Waals surface area contributed by atoms with Crippen LogP contribution in [0.4, 0.5) is 0 Å². The molecule has 0 aliphatic heterocycles. The molecule has 0 aliphatic carbocycles. The van der Waals surface area contributed by atoms with E-state index >= 15 is 0 Å². The Kier molecular flexibility index (Phi) is 8.81. The Morgan fingerprint density at radius 1 is 1.38 bits per heavy atom. The number of methoxy groups -OCH3 is 1. The van der Waals surface area contributed by atoms with Gasteiger partial charge in [-0.05, 0) is 13.8 Å². The molecule has 0 saturated carbocycles. The van der Waals surface area contributed by atoms with E-state index in [9.17, 15) is 4.79 Å². The van der Waals surface area contributed by atoms with Crippen molar-refractivity contribution in [3.63, 3.8) is 0 Å². The molecule has 78 valence electrons. The van der Waals surface area contributed by atoms with Crippen molar-refractivity contribution in [3.05, 3.63) is 12.7 Å². The van der Waals surface area contributed by atoms with Crippen LogP contribution in [0.2, 0.25) is 0 Å². The third-order valence-electron chi connectivity index (χ3n) is 2.08. The molecule has 3 nitrogen and oxygen atoms in total. The summed E-state index contributed by atoms with van der Waals surface area (Å²) in [5.41, 5.74) is 0. The Labute approximate surface area is 81.6 Å². The van der Waals surface area contributed by atoms with Crippen LogP contribution in [0.1, 0.15) is 13.8 Å². The van der Waals surface area contributed by atoms with Crippen molar-refractivity contribution < 1.29 is 14.0 Å². The average Bonchev–Trinajstić information content (AvgIpc) is 2.17. The first-order chi connectivity index (χ1) is 5.93. The predicted molar refractivity (Wildman–Crippen MR) is 55.4 cm³/mol. The van der Waals surface area contributed by atoms with Gasteiger partial charge >= 0.3 is 5.97 Å². The van der Waals surface area contributed by atoms with Crippen LogP contribution in [-0.4, -0.2) is 44.7 Å². The van der Waals surface area contributed by atoms with E-state index in [4.69, 9.17) is 0 Å². The highest BCUT2D eigenvalue weighted by molar-refractivity contribution is 5.80. The van der Waals surface area contributed by atoms with Gasteiger partial charge in [-0.25, -0.2) is 4.79 Å². The molecule has 0 heterocycles. The summed E-state index contributed by atoms with van der Waals surface area (Å²) >= 11 is 0. The Balaban J connectivity index is 0. The minimum absolute atomic E-state index is 0.394. The lowest BCUT2D eigenvalue weighted by Crippen LogP contribution is -2.38. The zero-order valence-corrected chi connectivity index (χ0v) is 9.46. The van der Waals surface area contributed by atoms with Crippen LogP contribution in [0, 0.1) is 0 Å². The fourth-order valence-corrected chi connectivity index (χ4v) is 0.307. The normalized spacial score (nSPS) is 9.62. The molecular weight excluding hydrogens is 166 g/mol. The minimum atomic E-state index is -0.394. The highest BCUT2D eigenvalue weighted by Gasteiger charge is 2.04. The summed E-state index contributed by atoms with van der Waals surface area (Å²) in [6.07, 6.45) is 1.11. The van der Waals surface area contributed by atoms with Crippen molar-refractivity contribution >= 4 is 5.97 Å². The maximum absolute atomic E-state index is 9.84. The Hall–Kier alpha value is -0.830. The van der Waals surface area contributed by atoms with Crippen LogP contribution < -0.4 is 0 Å². The molecule has 0 aromatic rings. The monoisotopic (exact) mass is 188 g/mol. The van der Waals surface area contributed by atoms with E-state index in [2.05, 4.69) is 39.3 Å². The molecule has 0 aliphatic rings. The molecule has 0 N–H and O–H groups in total. The summed E-state index contributed by atoms with van der Waals surface area (Å²) in [7, 11) is 5.78. The number of carbonyl (C=O) groups excluding carboxylic acids is 1. The fourth-order valence-electron chi connectivity index (χ4n) is 0.307. The number of rotatable bonds is 3. The van der Waals surface area contributed by atoms with Crippen molar-refractivity contribution in [1.29, 1.82) is 0 Å². The molecule has 0 fully saturated rings. The third kappa shape index (κ3) is 11.2. The van der Waals surface area contributed by atoms with E-state index in [1.807, 2.05) is 0 Å². The summed E-state index contributed by atoms with van der Waals surface area (Å²) in [6.45, 7) is 10.0. The van der Waals surface area contributed by atoms with Gasteiger partial charge in [0.05, 0.1) is 34.3 Å². The van der Waals surface area contributed by atoms with Crippen LogP contribution in [0.15, 0.2) is 12.7 Å². The summed E-state index contributed by atoms with van der Waals surface area (Å²) in [6, 6.07) is 0. The summed E-state index contributed by atoms with van der Waals surface area (Å²) < 4.78 is 5.28. The number of esters is 1. The minimum Gasteiger partial charge on any atom is -0.466 e. The summed E-state index contributed by atoms with van der Waals surface area (Å²) in [4.78, 5) is 9.84. The van der Waals surface area contributed by atoms with Crippen LogP contribution in [-0.2, 0) is 9.53 Å². The number of ether oxygens (including phenoxy) is 1.